The number of likely N-dealkylation sites (tertiary alicyclic amines) is 1. The van der Waals surface area contributed by atoms with E-state index in [-0.39, 0.29) is 23.3 Å². The zero-order chi connectivity index (χ0) is 25.3. The van der Waals surface area contributed by atoms with E-state index in [4.69, 9.17) is 4.74 Å². The van der Waals surface area contributed by atoms with Gasteiger partial charge in [0.1, 0.15) is 0 Å². The lowest BCUT2D eigenvalue weighted by atomic mass is 9.47. The zero-order valence-electron chi connectivity index (χ0n) is 23.2. The van der Waals surface area contributed by atoms with E-state index in [0.29, 0.717) is 11.8 Å². The van der Waals surface area contributed by atoms with E-state index in [1.165, 1.54) is 45.6 Å². The number of carbonyl (C=O) groups excluding carboxylic acids is 2. The van der Waals surface area contributed by atoms with Gasteiger partial charge in [0.25, 0.3) is 5.91 Å². The predicted molar refractivity (Wildman–Crippen MR) is 139 cm³/mol. The molecule has 3 saturated carbocycles. The van der Waals surface area contributed by atoms with Crippen LogP contribution in [0.2, 0.25) is 0 Å². The van der Waals surface area contributed by atoms with Crippen molar-refractivity contribution < 1.29 is 14.3 Å². The molecule has 5 nitrogen and oxygen atoms in total. The molecule has 9 atom stereocenters. The Morgan fingerprint density at radius 2 is 1.89 bits per heavy atom. The maximum Gasteiger partial charge on any atom is 0.303 e. The van der Waals surface area contributed by atoms with Crippen LogP contribution in [-0.2, 0) is 14.3 Å². The van der Waals surface area contributed by atoms with Crippen LogP contribution in [0, 0.1) is 34.5 Å². The Morgan fingerprint density at radius 3 is 2.57 bits per heavy atom. The molecule has 0 radical (unpaired) electrons. The van der Waals surface area contributed by atoms with E-state index in [0.717, 1.165) is 49.0 Å². The topological polar surface area (TPSA) is 49.9 Å². The van der Waals surface area contributed by atoms with Crippen molar-refractivity contribution in [2.45, 2.75) is 110 Å². The lowest BCUT2D eigenvalue weighted by Crippen LogP contribution is -2.55. The van der Waals surface area contributed by atoms with Gasteiger partial charge in [0, 0.05) is 32.6 Å². The molecule has 1 spiro atoms. The highest BCUT2D eigenvalue weighted by molar-refractivity contribution is 5.87. The van der Waals surface area contributed by atoms with Crippen molar-refractivity contribution in [3.05, 3.63) is 11.6 Å². The molecule has 9 unspecified atom stereocenters. The molecule has 0 aromatic rings. The van der Waals surface area contributed by atoms with Crippen LogP contribution in [0.1, 0.15) is 92.4 Å². The van der Waals surface area contributed by atoms with Crippen LogP contribution in [0.3, 0.4) is 0 Å². The maximum atomic E-state index is 13.4. The van der Waals surface area contributed by atoms with Gasteiger partial charge < -0.3 is 14.5 Å². The lowest BCUT2D eigenvalue weighted by molar-refractivity contribution is -0.172. The van der Waals surface area contributed by atoms with Gasteiger partial charge >= 0.3 is 5.97 Å². The molecule has 1 amide bonds. The molecule has 0 N–H and O–H groups in total. The number of amides is 1. The first-order chi connectivity index (χ1) is 16.5. The molecular weight excluding hydrogens is 436 g/mol. The molecule has 1 aliphatic heterocycles. The van der Waals surface area contributed by atoms with Crippen LogP contribution < -0.4 is 0 Å². The minimum Gasteiger partial charge on any atom is -0.449 e. The quantitative estimate of drug-likeness (QED) is 0.394. The Kier molecular flexibility index (Phi) is 6.22. The van der Waals surface area contributed by atoms with Crippen LogP contribution in [0.25, 0.3) is 0 Å². The largest absolute Gasteiger partial charge is 0.449 e. The molecule has 5 aliphatic rings. The van der Waals surface area contributed by atoms with Crippen LogP contribution in [0.4, 0.5) is 0 Å². The molecule has 1 saturated heterocycles. The van der Waals surface area contributed by atoms with Crippen molar-refractivity contribution in [1.29, 1.82) is 0 Å². The molecule has 4 aliphatic carbocycles. The van der Waals surface area contributed by atoms with Crippen molar-refractivity contribution >= 4 is 11.9 Å². The third kappa shape index (κ3) is 3.65. The maximum absolute atomic E-state index is 13.4. The Morgan fingerprint density at radius 1 is 1.17 bits per heavy atom. The first-order valence-electron chi connectivity index (χ1n) is 14.3. The molecule has 0 aromatic heterocycles. The van der Waals surface area contributed by atoms with Crippen molar-refractivity contribution in [2.75, 3.05) is 20.6 Å². The molecule has 0 bridgehead atoms. The molecule has 196 valence electrons. The number of allylic oxidation sites excluding steroid dienone is 1. The Labute approximate surface area is 213 Å². The van der Waals surface area contributed by atoms with Gasteiger partial charge in [-0.3, -0.25) is 9.59 Å². The van der Waals surface area contributed by atoms with E-state index in [2.05, 4.69) is 31.9 Å². The number of likely N-dealkylation sites (N-methyl/N-ethyl adjacent to an activating group) is 1. The van der Waals surface area contributed by atoms with Gasteiger partial charge in [0.2, 0.25) is 0 Å². The van der Waals surface area contributed by atoms with Crippen molar-refractivity contribution in [3.8, 4) is 0 Å². The van der Waals surface area contributed by atoms with E-state index in [9.17, 15) is 9.59 Å². The van der Waals surface area contributed by atoms with Crippen LogP contribution in [0.5, 0.6) is 0 Å². The van der Waals surface area contributed by atoms with Gasteiger partial charge in [-0.1, -0.05) is 25.5 Å². The Bertz CT molecular complexity index is 915. The third-order valence-electron chi connectivity index (χ3n) is 12.0. The Hall–Kier alpha value is -1.36. The second-order valence-corrected chi connectivity index (χ2v) is 13.4. The summed E-state index contributed by atoms with van der Waals surface area (Å²) in [7, 11) is 4.27. The summed E-state index contributed by atoms with van der Waals surface area (Å²) in [6.45, 7) is 11.4. The lowest BCUT2D eigenvalue weighted by Gasteiger charge is -2.58. The van der Waals surface area contributed by atoms with Gasteiger partial charge in [0.05, 0.1) is 0 Å². The van der Waals surface area contributed by atoms with E-state index in [1.54, 1.807) is 12.5 Å². The average molecular weight is 485 g/mol. The van der Waals surface area contributed by atoms with Gasteiger partial charge in [-0.2, -0.15) is 0 Å². The summed E-state index contributed by atoms with van der Waals surface area (Å²) in [5.74, 6) is 2.97. The number of esters is 1. The van der Waals surface area contributed by atoms with Gasteiger partial charge in [-0.05, 0) is 113 Å². The molecule has 4 fully saturated rings. The fourth-order valence-corrected chi connectivity index (χ4v) is 9.90. The van der Waals surface area contributed by atoms with E-state index < -0.39 is 5.60 Å². The minimum atomic E-state index is -1.07. The molecule has 35 heavy (non-hydrogen) atoms. The second-order valence-electron chi connectivity index (χ2n) is 13.4. The summed E-state index contributed by atoms with van der Waals surface area (Å²) in [6.07, 6.45) is 13.2. The van der Waals surface area contributed by atoms with Crippen molar-refractivity contribution in [1.82, 2.24) is 9.80 Å². The number of hydrogen-bond donors (Lipinski definition) is 0. The van der Waals surface area contributed by atoms with Crippen molar-refractivity contribution in [3.63, 3.8) is 0 Å². The first kappa shape index (κ1) is 25.3. The normalized spacial score (nSPS) is 44.3. The highest BCUT2D eigenvalue weighted by atomic mass is 16.6. The van der Waals surface area contributed by atoms with E-state index in [1.807, 2.05) is 18.9 Å². The summed E-state index contributed by atoms with van der Waals surface area (Å²) in [5.41, 5.74) is 1.38. The molecular formula is C30H48N2O3. The summed E-state index contributed by atoms with van der Waals surface area (Å²) in [4.78, 5) is 29.6. The first-order valence-corrected chi connectivity index (χ1v) is 14.3. The molecule has 1 heterocycles. The van der Waals surface area contributed by atoms with Crippen LogP contribution in [-0.4, -0.2) is 60.0 Å². The highest BCUT2D eigenvalue weighted by Crippen LogP contribution is 2.68. The molecule has 5 heteroatoms. The standard InChI is InChI=1S/C30H48N2O3/c1-8-29(5,35-20(3)33)27(34)32(7)22-13-15-28(4)21(17-22)9-10-23-25(28)14-16-30-18-31(6)19(2)24(30)11-12-26(23)30/h9,19,22-26H,8,10-18H2,1-7H3. The minimum absolute atomic E-state index is 0.0610. The SMILES string of the molecule is CCC(C)(OC(C)=O)C(=O)N(C)C1CCC2(C)C(=CCC3C2CCC24CN(C)C(C)C2CCC34)C1. The third-order valence-corrected chi connectivity index (χ3v) is 12.0. The van der Waals surface area contributed by atoms with Crippen LogP contribution >= 0.6 is 0 Å². The summed E-state index contributed by atoms with van der Waals surface area (Å²) >= 11 is 0. The molecule has 0 aromatic carbocycles. The van der Waals surface area contributed by atoms with Crippen LogP contribution in [0.15, 0.2) is 11.6 Å². The zero-order valence-corrected chi connectivity index (χ0v) is 23.2. The number of nitrogens with zero attached hydrogens (tertiary/aromatic N) is 2. The average Bonchev–Trinajstić information content (AvgIpc) is 3.30. The van der Waals surface area contributed by atoms with Gasteiger partial charge in [0.15, 0.2) is 5.60 Å². The number of fused-ring (bicyclic) bond motifs is 4. The monoisotopic (exact) mass is 484 g/mol. The van der Waals surface area contributed by atoms with Gasteiger partial charge in [-0.15, -0.1) is 0 Å². The smallest absolute Gasteiger partial charge is 0.303 e. The summed E-state index contributed by atoms with van der Waals surface area (Å²) in [5, 5.41) is 0. The van der Waals surface area contributed by atoms with Gasteiger partial charge in [-0.25, -0.2) is 0 Å². The fourth-order valence-electron chi connectivity index (χ4n) is 9.90. The number of rotatable bonds is 4. The summed E-state index contributed by atoms with van der Waals surface area (Å²) < 4.78 is 5.50. The predicted octanol–water partition coefficient (Wildman–Crippen LogP) is 5.44. The number of ether oxygens (including phenoxy) is 1. The van der Waals surface area contributed by atoms with E-state index >= 15 is 0 Å². The number of carbonyl (C=O) groups is 2. The molecule has 5 rings (SSSR count). The Balaban J connectivity index is 1.34. The highest BCUT2D eigenvalue weighted by Gasteiger charge is 2.64. The van der Waals surface area contributed by atoms with Crippen molar-refractivity contribution in [2.24, 2.45) is 34.5 Å². The summed E-state index contributed by atoms with van der Waals surface area (Å²) in [6, 6.07) is 0.932. The fraction of sp³-hybridized carbons (Fsp3) is 0.867. The second kappa shape index (κ2) is 8.60. The number of hydrogen-bond acceptors (Lipinski definition) is 4.